The minimum absolute atomic E-state index is 0.268. The van der Waals surface area contributed by atoms with Crippen LogP contribution < -0.4 is 9.64 Å². The molecule has 1 saturated heterocycles. The second kappa shape index (κ2) is 7.59. The molecule has 3 aromatic rings. The van der Waals surface area contributed by atoms with E-state index in [4.69, 9.17) is 9.72 Å². The Labute approximate surface area is 166 Å². The zero-order chi connectivity index (χ0) is 18.9. The number of thiazole rings is 1. The number of ether oxygens (including phenoxy) is 1. The first-order valence-electron chi connectivity index (χ1n) is 8.45. The summed E-state index contributed by atoms with van der Waals surface area (Å²) >= 11 is 3.25. The van der Waals surface area contributed by atoms with Gasteiger partial charge in [0.15, 0.2) is 5.13 Å². The normalized spacial score (nSPS) is 15.8. The van der Waals surface area contributed by atoms with Gasteiger partial charge in [-0.25, -0.2) is 13.4 Å². The molecule has 2 aromatic heterocycles. The van der Waals surface area contributed by atoms with Crippen LogP contribution >= 0.6 is 22.7 Å². The van der Waals surface area contributed by atoms with Gasteiger partial charge >= 0.3 is 0 Å². The quantitative estimate of drug-likeness (QED) is 0.632. The molecule has 1 aromatic carbocycles. The highest BCUT2D eigenvalue weighted by Crippen LogP contribution is 2.30. The van der Waals surface area contributed by atoms with Crippen molar-refractivity contribution in [3.63, 3.8) is 0 Å². The molecule has 1 aliphatic heterocycles. The Balaban J connectivity index is 1.45. The van der Waals surface area contributed by atoms with E-state index in [9.17, 15) is 8.42 Å². The third kappa shape index (κ3) is 3.73. The summed E-state index contributed by atoms with van der Waals surface area (Å²) < 4.78 is 32.5. The van der Waals surface area contributed by atoms with Crippen molar-refractivity contribution in [2.45, 2.75) is 4.90 Å². The number of rotatable bonds is 5. The number of hydrogen-bond acceptors (Lipinski definition) is 7. The van der Waals surface area contributed by atoms with Crippen molar-refractivity contribution in [3.05, 3.63) is 46.5 Å². The largest absolute Gasteiger partial charge is 0.497 e. The Kier molecular flexibility index (Phi) is 5.18. The van der Waals surface area contributed by atoms with E-state index in [2.05, 4.69) is 21.7 Å². The molecule has 0 radical (unpaired) electrons. The number of piperazine rings is 1. The molecule has 1 aliphatic rings. The lowest BCUT2D eigenvalue weighted by Crippen LogP contribution is -2.48. The molecule has 4 rings (SSSR count). The average molecular weight is 422 g/mol. The zero-order valence-electron chi connectivity index (χ0n) is 14.7. The average Bonchev–Trinajstić information content (AvgIpc) is 3.40. The van der Waals surface area contributed by atoms with Crippen LogP contribution in [0.4, 0.5) is 5.13 Å². The van der Waals surface area contributed by atoms with Crippen molar-refractivity contribution in [1.29, 1.82) is 0 Å². The second-order valence-electron chi connectivity index (χ2n) is 6.10. The molecule has 0 atom stereocenters. The highest BCUT2D eigenvalue weighted by atomic mass is 32.2. The Morgan fingerprint density at radius 3 is 2.63 bits per heavy atom. The van der Waals surface area contributed by atoms with Crippen LogP contribution in [0.3, 0.4) is 0 Å². The number of sulfonamides is 1. The molecule has 0 amide bonds. The summed E-state index contributed by atoms with van der Waals surface area (Å²) in [5, 5.41) is 7.11. The minimum atomic E-state index is -3.52. The Hall–Kier alpha value is -1.94. The highest BCUT2D eigenvalue weighted by molar-refractivity contribution is 7.89. The zero-order valence-corrected chi connectivity index (χ0v) is 17.2. The number of methoxy groups -OCH3 is 1. The van der Waals surface area contributed by atoms with E-state index in [0.29, 0.717) is 31.9 Å². The molecule has 6 nitrogen and oxygen atoms in total. The van der Waals surface area contributed by atoms with Crippen LogP contribution in [0, 0.1) is 0 Å². The molecule has 0 spiro atoms. The van der Waals surface area contributed by atoms with Crippen LogP contribution in [0.2, 0.25) is 0 Å². The maximum absolute atomic E-state index is 12.9. The molecule has 27 heavy (non-hydrogen) atoms. The minimum Gasteiger partial charge on any atom is -0.497 e. The highest BCUT2D eigenvalue weighted by Gasteiger charge is 2.29. The standard InChI is InChI=1S/C18H19N3O3S3/c1-24-15-3-2-4-16(11-15)27(22,23)21-8-6-20(7-9-21)18-19-17(13-26-18)14-5-10-25-12-14/h2-5,10-13H,6-9H2,1H3. The van der Waals surface area contributed by atoms with E-state index in [1.807, 2.05) is 5.38 Å². The maximum Gasteiger partial charge on any atom is 0.243 e. The second-order valence-corrected chi connectivity index (χ2v) is 9.65. The SMILES string of the molecule is COc1cccc(S(=O)(=O)N2CCN(c3nc(-c4ccsc4)cs3)CC2)c1. The fourth-order valence-electron chi connectivity index (χ4n) is 2.98. The maximum atomic E-state index is 12.9. The summed E-state index contributed by atoms with van der Waals surface area (Å²) in [5.41, 5.74) is 2.10. The third-order valence-electron chi connectivity index (χ3n) is 4.50. The number of aromatic nitrogens is 1. The molecule has 142 valence electrons. The van der Waals surface area contributed by atoms with Gasteiger partial charge in [0, 0.05) is 48.6 Å². The van der Waals surface area contributed by atoms with Crippen LogP contribution in [-0.2, 0) is 10.0 Å². The topological polar surface area (TPSA) is 62.7 Å². The van der Waals surface area contributed by atoms with Gasteiger partial charge in [-0.3, -0.25) is 0 Å². The first-order valence-corrected chi connectivity index (χ1v) is 11.7. The summed E-state index contributed by atoms with van der Waals surface area (Å²) in [6.45, 7) is 2.12. The summed E-state index contributed by atoms with van der Waals surface area (Å²) in [6, 6.07) is 8.67. The van der Waals surface area contributed by atoms with Gasteiger partial charge in [-0.05, 0) is 23.6 Å². The van der Waals surface area contributed by atoms with Gasteiger partial charge in [-0.2, -0.15) is 15.6 Å². The third-order valence-corrected chi connectivity index (χ3v) is 7.98. The summed E-state index contributed by atoms with van der Waals surface area (Å²) in [5.74, 6) is 0.540. The molecule has 0 aliphatic carbocycles. The molecular formula is C18H19N3O3S3. The van der Waals surface area contributed by atoms with E-state index < -0.39 is 10.0 Å². The van der Waals surface area contributed by atoms with Crippen molar-refractivity contribution in [1.82, 2.24) is 9.29 Å². The van der Waals surface area contributed by atoms with Gasteiger partial charge in [-0.1, -0.05) is 6.07 Å². The fraction of sp³-hybridized carbons (Fsp3) is 0.278. The lowest BCUT2D eigenvalue weighted by molar-refractivity contribution is 0.383. The predicted molar refractivity (Wildman–Crippen MR) is 109 cm³/mol. The van der Waals surface area contributed by atoms with Crippen molar-refractivity contribution in [3.8, 4) is 17.0 Å². The van der Waals surface area contributed by atoms with Gasteiger partial charge in [-0.15, -0.1) is 11.3 Å². The number of nitrogens with zero attached hydrogens (tertiary/aromatic N) is 3. The summed E-state index contributed by atoms with van der Waals surface area (Å²) in [4.78, 5) is 7.13. The smallest absolute Gasteiger partial charge is 0.243 e. The molecule has 0 bridgehead atoms. The number of hydrogen-bond donors (Lipinski definition) is 0. The van der Waals surface area contributed by atoms with E-state index in [1.54, 1.807) is 46.9 Å². The van der Waals surface area contributed by atoms with Crippen molar-refractivity contribution >= 4 is 37.8 Å². The number of anilines is 1. The molecule has 3 heterocycles. The first-order chi connectivity index (χ1) is 13.1. The predicted octanol–water partition coefficient (Wildman–Crippen LogP) is 3.39. The van der Waals surface area contributed by atoms with Crippen molar-refractivity contribution in [2.24, 2.45) is 0 Å². The lowest BCUT2D eigenvalue weighted by Gasteiger charge is -2.33. The number of benzene rings is 1. The Morgan fingerprint density at radius 1 is 1.11 bits per heavy atom. The van der Waals surface area contributed by atoms with Crippen LogP contribution in [0.25, 0.3) is 11.3 Å². The molecule has 1 fully saturated rings. The molecular weight excluding hydrogens is 402 g/mol. The molecule has 9 heteroatoms. The molecule has 0 saturated carbocycles. The molecule has 0 N–H and O–H groups in total. The summed E-state index contributed by atoms with van der Waals surface area (Å²) in [6.07, 6.45) is 0. The van der Waals surface area contributed by atoms with Gasteiger partial charge in [0.25, 0.3) is 0 Å². The van der Waals surface area contributed by atoms with Crippen LogP contribution in [0.1, 0.15) is 0 Å². The number of thiophene rings is 1. The fourth-order valence-corrected chi connectivity index (χ4v) is 5.98. The van der Waals surface area contributed by atoms with Gasteiger partial charge in [0.1, 0.15) is 5.75 Å². The Bertz CT molecular complexity index is 1010. The van der Waals surface area contributed by atoms with E-state index >= 15 is 0 Å². The Morgan fingerprint density at radius 2 is 1.93 bits per heavy atom. The first kappa shape index (κ1) is 18.4. The van der Waals surface area contributed by atoms with Gasteiger partial charge in [0.2, 0.25) is 10.0 Å². The lowest BCUT2D eigenvalue weighted by atomic mass is 10.3. The van der Waals surface area contributed by atoms with E-state index in [-0.39, 0.29) is 4.90 Å². The van der Waals surface area contributed by atoms with Gasteiger partial charge < -0.3 is 9.64 Å². The van der Waals surface area contributed by atoms with Crippen molar-refractivity contribution < 1.29 is 13.2 Å². The molecule has 0 unspecified atom stereocenters. The van der Waals surface area contributed by atoms with Crippen LogP contribution in [0.5, 0.6) is 5.75 Å². The van der Waals surface area contributed by atoms with E-state index in [1.165, 1.54) is 11.4 Å². The van der Waals surface area contributed by atoms with E-state index in [0.717, 1.165) is 16.4 Å². The van der Waals surface area contributed by atoms with Gasteiger partial charge in [0.05, 0.1) is 17.7 Å². The monoisotopic (exact) mass is 421 g/mol. The van der Waals surface area contributed by atoms with Crippen LogP contribution in [0.15, 0.2) is 51.4 Å². The van der Waals surface area contributed by atoms with Crippen LogP contribution in [-0.4, -0.2) is 51.0 Å². The summed E-state index contributed by atoms with van der Waals surface area (Å²) in [7, 11) is -1.99. The van der Waals surface area contributed by atoms with Crippen molar-refractivity contribution in [2.75, 3.05) is 38.2 Å².